The van der Waals surface area contributed by atoms with Gasteiger partial charge in [0.25, 0.3) is 0 Å². The van der Waals surface area contributed by atoms with Crippen molar-refractivity contribution in [2.45, 2.75) is 0 Å². The van der Waals surface area contributed by atoms with E-state index >= 15 is 0 Å². The molecule has 1 N–H and O–H groups in total. The van der Waals surface area contributed by atoms with Crippen LogP contribution in [-0.4, -0.2) is 13.1 Å². The van der Waals surface area contributed by atoms with E-state index in [0.717, 1.165) is 11.8 Å². The highest BCUT2D eigenvalue weighted by molar-refractivity contribution is 5.85. The number of rotatable bonds is 0. The lowest BCUT2D eigenvalue weighted by Gasteiger charge is -2.18. The minimum absolute atomic E-state index is 0. The average Bonchev–Trinajstić information content (AvgIpc) is 1.85. The average molecular weight is 132 g/mol. The maximum absolute atomic E-state index is 3.32. The molecule has 0 radical (unpaired) electrons. The van der Waals surface area contributed by atoms with Crippen LogP contribution in [0.2, 0.25) is 0 Å². The number of hydrogen-bond acceptors (Lipinski definition) is 1. The summed E-state index contributed by atoms with van der Waals surface area (Å²) in [6.45, 7) is 2.45. The zero-order valence-corrected chi connectivity index (χ0v) is 5.45. The Balaban J connectivity index is 0.000000320. The fourth-order valence-corrected chi connectivity index (χ4v) is 1.28. The van der Waals surface area contributed by atoms with Crippen molar-refractivity contribution < 1.29 is 0 Å². The largest absolute Gasteiger partial charge is 0.316 e. The Morgan fingerprint density at radius 2 is 1.62 bits per heavy atom. The van der Waals surface area contributed by atoms with Gasteiger partial charge in [-0.2, -0.15) is 0 Å². The van der Waals surface area contributed by atoms with E-state index in [0.29, 0.717) is 0 Å². The van der Waals surface area contributed by atoms with E-state index in [-0.39, 0.29) is 12.4 Å². The highest BCUT2D eigenvalue weighted by Gasteiger charge is 2.27. The predicted molar refractivity (Wildman–Crippen MR) is 36.2 cm³/mol. The molecule has 0 spiro atoms. The highest BCUT2D eigenvalue weighted by Crippen LogP contribution is 2.27. The van der Waals surface area contributed by atoms with Crippen LogP contribution in [0.1, 0.15) is 0 Å². The Morgan fingerprint density at radius 3 is 1.88 bits per heavy atom. The van der Waals surface area contributed by atoms with Crippen LogP contribution >= 0.6 is 12.4 Å². The maximum atomic E-state index is 3.32. The molecule has 1 saturated heterocycles. The molecule has 1 fully saturated rings. The second-order valence-corrected chi connectivity index (χ2v) is 2.37. The van der Waals surface area contributed by atoms with Crippen molar-refractivity contribution in [1.82, 2.24) is 5.32 Å². The van der Waals surface area contributed by atoms with Gasteiger partial charge in [-0.1, -0.05) is 12.2 Å². The summed E-state index contributed by atoms with van der Waals surface area (Å²) in [4.78, 5) is 0. The lowest BCUT2D eigenvalue weighted by molar-refractivity contribution is 0.541. The van der Waals surface area contributed by atoms with E-state index in [1.165, 1.54) is 13.1 Å². The maximum Gasteiger partial charge on any atom is 0.00206 e. The molecule has 46 valence electrons. The third-order valence-electron chi connectivity index (χ3n) is 1.92. The van der Waals surface area contributed by atoms with Crippen LogP contribution in [-0.2, 0) is 0 Å². The molecule has 0 saturated carbocycles. The van der Waals surface area contributed by atoms with Gasteiger partial charge < -0.3 is 5.32 Å². The van der Waals surface area contributed by atoms with Crippen molar-refractivity contribution in [2.75, 3.05) is 13.1 Å². The fourth-order valence-electron chi connectivity index (χ4n) is 1.28. The van der Waals surface area contributed by atoms with Gasteiger partial charge in [0, 0.05) is 13.1 Å². The number of fused-ring (bicyclic) bond motifs is 1. The van der Waals surface area contributed by atoms with Gasteiger partial charge in [-0.15, -0.1) is 12.4 Å². The Hall–Kier alpha value is -0.0100. The van der Waals surface area contributed by atoms with Crippen LogP contribution in [0.15, 0.2) is 12.2 Å². The highest BCUT2D eigenvalue weighted by atomic mass is 35.5. The smallest absolute Gasteiger partial charge is 0.00206 e. The lowest BCUT2D eigenvalue weighted by Crippen LogP contribution is -2.14. The van der Waals surface area contributed by atoms with E-state index in [4.69, 9.17) is 0 Å². The number of nitrogens with one attached hydrogen (secondary N) is 1. The first-order chi connectivity index (χ1) is 3.47. The third-order valence-corrected chi connectivity index (χ3v) is 1.92. The fraction of sp³-hybridized carbons (Fsp3) is 0.667. The van der Waals surface area contributed by atoms with E-state index in [9.17, 15) is 0 Å². The molecule has 2 heteroatoms. The van der Waals surface area contributed by atoms with Gasteiger partial charge in [-0.25, -0.2) is 0 Å². The first kappa shape index (κ1) is 6.12. The van der Waals surface area contributed by atoms with Gasteiger partial charge in [-0.3, -0.25) is 0 Å². The molecule has 0 aromatic carbocycles. The molecular formula is C6H10ClN. The summed E-state index contributed by atoms with van der Waals surface area (Å²) >= 11 is 0. The molecule has 1 heterocycles. The van der Waals surface area contributed by atoms with Crippen molar-refractivity contribution in [3.63, 3.8) is 0 Å². The summed E-state index contributed by atoms with van der Waals surface area (Å²) in [6.07, 6.45) is 4.59. The molecule has 1 nitrogen and oxygen atoms in total. The van der Waals surface area contributed by atoms with E-state index in [1.807, 2.05) is 0 Å². The van der Waals surface area contributed by atoms with Crippen LogP contribution in [0.5, 0.6) is 0 Å². The zero-order valence-electron chi connectivity index (χ0n) is 4.63. The first-order valence-electron chi connectivity index (χ1n) is 2.86. The predicted octanol–water partition coefficient (Wildman–Crippen LogP) is 0.814. The Labute approximate surface area is 55.6 Å². The molecule has 0 bridgehead atoms. The van der Waals surface area contributed by atoms with Gasteiger partial charge in [0.05, 0.1) is 0 Å². The minimum atomic E-state index is 0. The molecule has 2 aliphatic rings. The second kappa shape index (κ2) is 2.08. The van der Waals surface area contributed by atoms with Gasteiger partial charge in [0.1, 0.15) is 0 Å². The van der Waals surface area contributed by atoms with Gasteiger partial charge in [0.15, 0.2) is 0 Å². The lowest BCUT2D eigenvalue weighted by atomic mass is 9.86. The molecule has 0 amide bonds. The summed E-state index contributed by atoms with van der Waals surface area (Å²) in [6, 6.07) is 0. The van der Waals surface area contributed by atoms with Crippen molar-refractivity contribution in [3.8, 4) is 0 Å². The van der Waals surface area contributed by atoms with Crippen LogP contribution < -0.4 is 5.32 Å². The van der Waals surface area contributed by atoms with Crippen LogP contribution in [0, 0.1) is 11.8 Å². The SMILES string of the molecule is C1=C[C@H]2CNC[C@@H]12.Cl. The molecule has 0 aromatic heterocycles. The molecule has 1 aliphatic heterocycles. The van der Waals surface area contributed by atoms with Gasteiger partial charge in [-0.05, 0) is 11.8 Å². The van der Waals surface area contributed by atoms with Crippen LogP contribution in [0.4, 0.5) is 0 Å². The molecule has 8 heavy (non-hydrogen) atoms. The number of hydrogen-bond donors (Lipinski definition) is 1. The molecule has 2 atom stereocenters. The van der Waals surface area contributed by atoms with Crippen molar-refractivity contribution in [3.05, 3.63) is 12.2 Å². The molecule has 0 unspecified atom stereocenters. The summed E-state index contributed by atoms with van der Waals surface area (Å²) in [7, 11) is 0. The number of halogens is 1. The standard InChI is InChI=1S/C6H9N.ClH/c1-2-6-4-7-3-5(1)6;/h1-2,5-7H,3-4H2;1H/t5-,6+;. The molecule has 2 rings (SSSR count). The summed E-state index contributed by atoms with van der Waals surface area (Å²) in [5.41, 5.74) is 0. The Kier molecular flexibility index (Phi) is 1.59. The molecule has 1 aliphatic carbocycles. The van der Waals surface area contributed by atoms with Crippen LogP contribution in [0.25, 0.3) is 0 Å². The summed E-state index contributed by atoms with van der Waals surface area (Å²) < 4.78 is 0. The van der Waals surface area contributed by atoms with Gasteiger partial charge in [0.2, 0.25) is 0 Å². The Morgan fingerprint density at radius 1 is 1.12 bits per heavy atom. The second-order valence-electron chi connectivity index (χ2n) is 2.37. The third kappa shape index (κ3) is 0.664. The normalized spacial score (nSPS) is 40.0. The molecule has 0 aromatic rings. The van der Waals surface area contributed by atoms with Crippen molar-refractivity contribution in [1.29, 1.82) is 0 Å². The van der Waals surface area contributed by atoms with E-state index in [2.05, 4.69) is 17.5 Å². The summed E-state index contributed by atoms with van der Waals surface area (Å²) in [5, 5.41) is 3.32. The quantitative estimate of drug-likeness (QED) is 0.480. The first-order valence-corrected chi connectivity index (χ1v) is 2.86. The van der Waals surface area contributed by atoms with E-state index in [1.54, 1.807) is 0 Å². The monoisotopic (exact) mass is 131 g/mol. The zero-order chi connectivity index (χ0) is 4.69. The van der Waals surface area contributed by atoms with E-state index < -0.39 is 0 Å². The summed E-state index contributed by atoms with van der Waals surface area (Å²) in [5.74, 6) is 1.81. The van der Waals surface area contributed by atoms with Crippen LogP contribution in [0.3, 0.4) is 0 Å². The minimum Gasteiger partial charge on any atom is -0.316 e. The molecular weight excluding hydrogens is 122 g/mol. The Bertz CT molecular complexity index is 99.1. The van der Waals surface area contributed by atoms with Crippen molar-refractivity contribution >= 4 is 12.4 Å². The topological polar surface area (TPSA) is 12.0 Å². The van der Waals surface area contributed by atoms with Crippen molar-refractivity contribution in [2.24, 2.45) is 11.8 Å². The van der Waals surface area contributed by atoms with Gasteiger partial charge >= 0.3 is 0 Å².